The first-order valence-corrected chi connectivity index (χ1v) is 7.51. The Morgan fingerprint density at radius 2 is 2.08 bits per heavy atom. The summed E-state index contributed by atoms with van der Waals surface area (Å²) in [5, 5.41) is 10.1. The van der Waals surface area contributed by atoms with Crippen LogP contribution < -0.4 is 5.38 Å². The molecular weight excluding hydrogens is 168 g/mol. The quantitative estimate of drug-likeness (QED) is 0.718. The van der Waals surface area contributed by atoms with Gasteiger partial charge in [-0.15, -0.1) is 0 Å². The third-order valence-electron chi connectivity index (χ3n) is 2.07. The van der Waals surface area contributed by atoms with Gasteiger partial charge in [-0.2, -0.15) is 0 Å². The molecule has 0 unspecified atom stereocenters. The average Bonchev–Trinajstić information content (AvgIpc) is 2.52. The van der Waals surface area contributed by atoms with Crippen molar-refractivity contribution < 1.29 is 9.52 Å². The van der Waals surface area contributed by atoms with Crippen molar-refractivity contribution in [1.82, 2.24) is 0 Å². The molecule has 0 aliphatic heterocycles. The van der Waals surface area contributed by atoms with Crippen LogP contribution in [0, 0.1) is 0 Å². The van der Waals surface area contributed by atoms with Gasteiger partial charge in [-0.3, -0.25) is 0 Å². The first-order chi connectivity index (χ1) is 5.60. The first-order valence-electron chi connectivity index (χ1n) is 4.30. The number of furan rings is 1. The highest BCUT2D eigenvalue weighted by Gasteiger charge is 2.26. The summed E-state index contributed by atoms with van der Waals surface area (Å²) in [5.41, 5.74) is 0. The van der Waals surface area contributed by atoms with Crippen LogP contribution in [0.5, 0.6) is 0 Å². The van der Waals surface area contributed by atoms with E-state index in [1.54, 1.807) is 0 Å². The second-order valence-corrected chi connectivity index (χ2v) is 8.24. The molecule has 0 amide bonds. The average molecular weight is 184 g/mol. The molecule has 0 bridgehead atoms. The van der Waals surface area contributed by atoms with Crippen LogP contribution in [0.1, 0.15) is 12.7 Å². The van der Waals surface area contributed by atoms with Gasteiger partial charge in [-0.1, -0.05) is 20.0 Å². The van der Waals surface area contributed by atoms with Gasteiger partial charge in [0.05, 0.1) is 5.38 Å². The minimum atomic E-state index is -1.66. The maximum Gasteiger partial charge on any atom is 0.153 e. The molecule has 1 aromatic rings. The Morgan fingerprint density at radius 1 is 1.42 bits per heavy atom. The fourth-order valence-corrected chi connectivity index (χ4v) is 2.11. The monoisotopic (exact) mass is 184 g/mol. The van der Waals surface area contributed by atoms with E-state index in [4.69, 9.17) is 9.52 Å². The van der Waals surface area contributed by atoms with E-state index in [1.807, 2.05) is 12.1 Å². The van der Waals surface area contributed by atoms with Crippen LogP contribution >= 0.6 is 0 Å². The molecule has 0 saturated heterocycles. The van der Waals surface area contributed by atoms with Gasteiger partial charge in [0.1, 0.15) is 5.76 Å². The van der Waals surface area contributed by atoms with Crippen molar-refractivity contribution in [1.29, 1.82) is 0 Å². The lowest BCUT2D eigenvalue weighted by molar-refractivity contribution is 0.358. The lowest BCUT2D eigenvalue weighted by atomic mass is 10.4. The molecule has 0 radical (unpaired) electrons. The minimum Gasteiger partial charge on any atom is -0.471 e. The van der Waals surface area contributed by atoms with Crippen molar-refractivity contribution in [3.8, 4) is 0 Å². The van der Waals surface area contributed by atoms with E-state index >= 15 is 0 Å². The van der Waals surface area contributed by atoms with Crippen LogP contribution in [-0.4, -0.2) is 19.4 Å². The maximum absolute atomic E-state index is 9.13. The molecule has 0 aromatic carbocycles. The minimum absolute atomic E-state index is 0.254. The molecule has 68 valence electrons. The van der Waals surface area contributed by atoms with Gasteiger partial charge in [0.2, 0.25) is 0 Å². The molecule has 1 aromatic heterocycles. The standard InChI is InChI=1S/C9H16O2Si/c1-4-8-5-6-9(11-8)12(2,3)7-10/h5-6,10H,4,7H2,1-3H3. The predicted octanol–water partition coefficient (Wildman–Crippen LogP) is 1.29. The molecule has 1 N–H and O–H groups in total. The van der Waals surface area contributed by atoms with Gasteiger partial charge in [0.25, 0.3) is 0 Å². The van der Waals surface area contributed by atoms with Crippen LogP contribution in [0.3, 0.4) is 0 Å². The Balaban J connectivity index is 2.88. The van der Waals surface area contributed by atoms with E-state index in [9.17, 15) is 0 Å². The SMILES string of the molecule is CCc1ccc([Si](C)(C)CO)o1. The summed E-state index contributed by atoms with van der Waals surface area (Å²) in [6.07, 6.45) is 1.18. The number of aliphatic hydroxyl groups is 1. The van der Waals surface area contributed by atoms with Crippen molar-refractivity contribution in [2.75, 3.05) is 6.23 Å². The molecule has 2 nitrogen and oxygen atoms in total. The number of aryl methyl sites for hydroxylation is 1. The third kappa shape index (κ3) is 1.79. The van der Waals surface area contributed by atoms with Crippen molar-refractivity contribution in [3.05, 3.63) is 17.9 Å². The summed E-state index contributed by atoms with van der Waals surface area (Å²) in [4.78, 5) is 0. The van der Waals surface area contributed by atoms with Crippen LogP contribution in [0.15, 0.2) is 16.5 Å². The van der Waals surface area contributed by atoms with Crippen LogP contribution in [0.25, 0.3) is 0 Å². The van der Waals surface area contributed by atoms with Crippen LogP contribution in [0.4, 0.5) is 0 Å². The molecule has 0 atom stereocenters. The molecule has 12 heavy (non-hydrogen) atoms. The zero-order valence-electron chi connectivity index (χ0n) is 7.92. The Bertz CT molecular complexity index is 253. The molecule has 0 spiro atoms. The smallest absolute Gasteiger partial charge is 0.153 e. The summed E-state index contributed by atoms with van der Waals surface area (Å²) < 4.78 is 5.59. The zero-order chi connectivity index (χ0) is 9.19. The summed E-state index contributed by atoms with van der Waals surface area (Å²) in [6, 6.07) is 4.00. The summed E-state index contributed by atoms with van der Waals surface area (Å²) in [7, 11) is -1.66. The summed E-state index contributed by atoms with van der Waals surface area (Å²) >= 11 is 0. The van der Waals surface area contributed by atoms with Gasteiger partial charge >= 0.3 is 0 Å². The molecule has 0 saturated carbocycles. The fraction of sp³-hybridized carbons (Fsp3) is 0.556. The Kier molecular flexibility index (Phi) is 2.75. The zero-order valence-corrected chi connectivity index (χ0v) is 8.92. The fourth-order valence-electron chi connectivity index (χ4n) is 1.01. The Labute approximate surface area is 74.2 Å². The lowest BCUT2D eigenvalue weighted by Crippen LogP contribution is -2.44. The van der Waals surface area contributed by atoms with Gasteiger partial charge in [-0.25, -0.2) is 0 Å². The summed E-state index contributed by atoms with van der Waals surface area (Å²) in [5.74, 6) is 1.01. The molecule has 3 heteroatoms. The molecule has 0 aliphatic rings. The van der Waals surface area contributed by atoms with Gasteiger partial charge in [0.15, 0.2) is 8.07 Å². The van der Waals surface area contributed by atoms with Crippen LogP contribution in [0.2, 0.25) is 13.1 Å². The number of hydrogen-bond donors (Lipinski definition) is 1. The van der Waals surface area contributed by atoms with E-state index in [1.165, 1.54) is 0 Å². The number of hydrogen-bond acceptors (Lipinski definition) is 2. The van der Waals surface area contributed by atoms with Crippen molar-refractivity contribution in [3.63, 3.8) is 0 Å². The second kappa shape index (κ2) is 3.45. The predicted molar refractivity (Wildman–Crippen MR) is 52.3 cm³/mol. The van der Waals surface area contributed by atoms with Crippen LogP contribution in [-0.2, 0) is 6.42 Å². The highest BCUT2D eigenvalue weighted by Crippen LogP contribution is 2.06. The number of rotatable bonds is 3. The highest BCUT2D eigenvalue weighted by molar-refractivity contribution is 6.88. The van der Waals surface area contributed by atoms with E-state index in [0.29, 0.717) is 0 Å². The largest absolute Gasteiger partial charge is 0.471 e. The highest BCUT2D eigenvalue weighted by atomic mass is 28.3. The molecule has 0 fully saturated rings. The molecule has 0 aliphatic carbocycles. The van der Waals surface area contributed by atoms with Gasteiger partial charge < -0.3 is 9.52 Å². The Morgan fingerprint density at radius 3 is 2.50 bits per heavy atom. The third-order valence-corrected chi connectivity index (χ3v) is 4.47. The maximum atomic E-state index is 9.13. The van der Waals surface area contributed by atoms with Gasteiger partial charge in [-0.05, 0) is 12.1 Å². The van der Waals surface area contributed by atoms with E-state index < -0.39 is 8.07 Å². The number of aliphatic hydroxyl groups excluding tert-OH is 1. The molecule has 1 heterocycles. The van der Waals surface area contributed by atoms with E-state index in [-0.39, 0.29) is 6.23 Å². The molecule has 1 rings (SSSR count). The normalized spacial score (nSPS) is 12.0. The topological polar surface area (TPSA) is 33.4 Å². The Hall–Kier alpha value is -0.543. The van der Waals surface area contributed by atoms with Crippen molar-refractivity contribution >= 4 is 13.5 Å². The van der Waals surface area contributed by atoms with E-state index in [0.717, 1.165) is 17.6 Å². The van der Waals surface area contributed by atoms with Crippen molar-refractivity contribution in [2.45, 2.75) is 26.4 Å². The van der Waals surface area contributed by atoms with E-state index in [2.05, 4.69) is 20.0 Å². The molecular formula is C9H16O2Si. The first kappa shape index (κ1) is 9.54. The second-order valence-electron chi connectivity index (χ2n) is 3.66. The summed E-state index contributed by atoms with van der Waals surface area (Å²) in [6.45, 7) is 6.27. The van der Waals surface area contributed by atoms with Gasteiger partial charge in [0, 0.05) is 12.7 Å². The van der Waals surface area contributed by atoms with Crippen molar-refractivity contribution in [2.24, 2.45) is 0 Å². The lowest BCUT2D eigenvalue weighted by Gasteiger charge is -2.14.